The molecule has 30 heavy (non-hydrogen) atoms. The molecule has 0 amide bonds. The zero-order valence-electron chi connectivity index (χ0n) is 16.2. The molecule has 0 bridgehead atoms. The van der Waals surface area contributed by atoms with Crippen LogP contribution in [0, 0.1) is 0 Å². The van der Waals surface area contributed by atoms with E-state index in [1.807, 2.05) is 18.2 Å². The van der Waals surface area contributed by atoms with Gasteiger partial charge in [0.2, 0.25) is 6.23 Å². The van der Waals surface area contributed by atoms with Crippen molar-refractivity contribution in [2.24, 2.45) is 5.10 Å². The topological polar surface area (TPSA) is 24.8 Å². The van der Waals surface area contributed by atoms with E-state index < -0.39 is 0 Å². The molecule has 0 N–H and O–H groups in total. The first kappa shape index (κ1) is 17.7. The van der Waals surface area contributed by atoms with E-state index in [1.165, 1.54) is 21.9 Å². The molecule has 0 fully saturated rings. The van der Waals surface area contributed by atoms with Gasteiger partial charge in [-0.15, -0.1) is 0 Å². The first-order valence-corrected chi connectivity index (χ1v) is 10.9. The van der Waals surface area contributed by atoms with Crippen molar-refractivity contribution in [1.82, 2.24) is 5.01 Å². The van der Waals surface area contributed by atoms with Crippen LogP contribution >= 0.6 is 15.9 Å². The van der Waals surface area contributed by atoms with Crippen molar-refractivity contribution in [2.45, 2.75) is 18.7 Å². The molecule has 0 saturated carbocycles. The van der Waals surface area contributed by atoms with Crippen LogP contribution in [0.1, 0.15) is 35.4 Å². The summed E-state index contributed by atoms with van der Waals surface area (Å²) in [5.74, 6) is 0.943. The monoisotopic (exact) mass is 454 g/mol. The summed E-state index contributed by atoms with van der Waals surface area (Å²) in [6, 6.07) is 31.9. The fourth-order valence-corrected chi connectivity index (χ4v) is 4.87. The lowest BCUT2D eigenvalue weighted by molar-refractivity contribution is -0.0190. The number of ether oxygens (including phenoxy) is 1. The van der Waals surface area contributed by atoms with Gasteiger partial charge in [-0.25, -0.2) is 5.01 Å². The minimum absolute atomic E-state index is 0.167. The van der Waals surface area contributed by atoms with Crippen molar-refractivity contribution in [3.05, 3.63) is 112 Å². The molecule has 0 spiro atoms. The first-order valence-electron chi connectivity index (χ1n) is 10.1. The summed E-state index contributed by atoms with van der Waals surface area (Å²) in [5.41, 5.74) is 4.57. The van der Waals surface area contributed by atoms with Crippen LogP contribution in [0.2, 0.25) is 0 Å². The Morgan fingerprint density at radius 2 is 1.67 bits per heavy atom. The molecule has 0 unspecified atom stereocenters. The average Bonchev–Trinajstić information content (AvgIpc) is 3.24. The van der Waals surface area contributed by atoms with E-state index in [4.69, 9.17) is 9.84 Å². The predicted molar refractivity (Wildman–Crippen MR) is 124 cm³/mol. The summed E-state index contributed by atoms with van der Waals surface area (Å²) in [6.07, 6.45) is 0.615. The number of hydrogen-bond acceptors (Lipinski definition) is 3. The third kappa shape index (κ3) is 2.91. The maximum Gasteiger partial charge on any atom is 0.213 e. The maximum atomic E-state index is 6.44. The lowest BCUT2D eigenvalue weighted by Gasteiger charge is -2.38. The van der Waals surface area contributed by atoms with Crippen molar-refractivity contribution in [3.63, 3.8) is 0 Å². The smallest absolute Gasteiger partial charge is 0.213 e. The summed E-state index contributed by atoms with van der Waals surface area (Å²) in [5, 5.41) is 9.70. The van der Waals surface area contributed by atoms with Gasteiger partial charge >= 0.3 is 0 Å². The highest BCUT2D eigenvalue weighted by Gasteiger charge is 2.40. The van der Waals surface area contributed by atoms with Crippen LogP contribution in [0.15, 0.2) is 101 Å². The molecule has 2 aliphatic rings. The maximum absolute atomic E-state index is 6.44. The van der Waals surface area contributed by atoms with Crippen LogP contribution in [0.5, 0.6) is 5.75 Å². The van der Waals surface area contributed by atoms with E-state index >= 15 is 0 Å². The summed E-state index contributed by atoms with van der Waals surface area (Å²) in [7, 11) is 0. The fourth-order valence-electron chi connectivity index (χ4n) is 4.46. The van der Waals surface area contributed by atoms with E-state index in [0.29, 0.717) is 0 Å². The number of hydrazone groups is 1. The van der Waals surface area contributed by atoms with Gasteiger partial charge in [0.1, 0.15) is 5.75 Å². The van der Waals surface area contributed by atoms with Gasteiger partial charge in [-0.2, -0.15) is 5.10 Å². The molecule has 3 nitrogen and oxygen atoms in total. The second-order valence-corrected chi connectivity index (χ2v) is 8.69. The molecule has 0 aromatic heterocycles. The average molecular weight is 455 g/mol. The number of fused-ring (bicyclic) bond motifs is 4. The zero-order chi connectivity index (χ0) is 20.1. The molecule has 0 radical (unpaired) electrons. The second kappa shape index (κ2) is 6.99. The van der Waals surface area contributed by atoms with Crippen LogP contribution in [0.3, 0.4) is 0 Å². The number of nitrogens with zero attached hydrogens (tertiary/aromatic N) is 2. The highest BCUT2D eigenvalue weighted by molar-refractivity contribution is 9.10. The molecular formula is C26H19BrN2O. The van der Waals surface area contributed by atoms with E-state index in [2.05, 4.69) is 93.7 Å². The molecule has 4 heteroatoms. The summed E-state index contributed by atoms with van der Waals surface area (Å²) >= 11 is 3.59. The van der Waals surface area contributed by atoms with Gasteiger partial charge in [-0.1, -0.05) is 82.7 Å². The second-order valence-electron chi connectivity index (χ2n) is 7.77. The van der Waals surface area contributed by atoms with Gasteiger partial charge < -0.3 is 4.74 Å². The van der Waals surface area contributed by atoms with Crippen molar-refractivity contribution >= 4 is 32.4 Å². The van der Waals surface area contributed by atoms with Crippen molar-refractivity contribution in [2.75, 3.05) is 0 Å². The minimum atomic E-state index is -0.250. The fraction of sp³-hybridized carbons (Fsp3) is 0.115. The molecule has 2 atom stereocenters. The molecule has 2 aliphatic heterocycles. The quantitative estimate of drug-likeness (QED) is 0.331. The molecule has 6 rings (SSSR count). The van der Waals surface area contributed by atoms with Crippen LogP contribution in [0.4, 0.5) is 0 Å². The van der Waals surface area contributed by atoms with Gasteiger partial charge in [-0.3, -0.25) is 0 Å². The van der Waals surface area contributed by atoms with E-state index in [9.17, 15) is 0 Å². The Hall–Kier alpha value is -3.11. The number of hydrogen-bond donors (Lipinski definition) is 0. The molecular weight excluding hydrogens is 436 g/mol. The van der Waals surface area contributed by atoms with E-state index in [0.717, 1.165) is 27.9 Å². The molecule has 2 heterocycles. The molecule has 146 valence electrons. The number of benzene rings is 4. The van der Waals surface area contributed by atoms with Gasteiger partial charge in [0.05, 0.1) is 11.8 Å². The standard InChI is InChI=1S/C26H19BrN2O/c27-21-9-5-8-20(15-21)26-29-24(22-10-3-4-11-25(22)30-26)16-23(28-29)19-13-12-17-6-1-2-7-18(17)14-19/h1-15,24,26H,16H2/t24-,26+/m1/s1. The lowest BCUT2D eigenvalue weighted by Crippen LogP contribution is -2.33. The Kier molecular flexibility index (Phi) is 4.13. The largest absolute Gasteiger partial charge is 0.464 e. The number of rotatable bonds is 2. The third-order valence-corrected chi connectivity index (χ3v) is 6.41. The van der Waals surface area contributed by atoms with Gasteiger partial charge in [0.25, 0.3) is 0 Å². The highest BCUT2D eigenvalue weighted by atomic mass is 79.9. The summed E-state index contributed by atoms with van der Waals surface area (Å²) in [4.78, 5) is 0. The van der Waals surface area contributed by atoms with Gasteiger partial charge in [0.15, 0.2) is 0 Å². The lowest BCUT2D eigenvalue weighted by atomic mass is 9.95. The number of para-hydroxylation sites is 1. The molecule has 4 aromatic rings. The predicted octanol–water partition coefficient (Wildman–Crippen LogP) is 6.84. The third-order valence-electron chi connectivity index (χ3n) is 5.92. The van der Waals surface area contributed by atoms with E-state index in [-0.39, 0.29) is 12.3 Å². The summed E-state index contributed by atoms with van der Waals surface area (Å²) in [6.45, 7) is 0. The van der Waals surface area contributed by atoms with Gasteiger partial charge in [-0.05, 0) is 40.6 Å². The first-order chi connectivity index (χ1) is 14.8. The Labute approximate surface area is 183 Å². The SMILES string of the molecule is Brc1cccc([C@@H]2Oc3ccccc3[C@H]3CC(c4ccc5ccccc5c4)=NN32)c1. The Balaban J connectivity index is 1.45. The normalized spacial score (nSPS) is 19.8. The van der Waals surface area contributed by atoms with Crippen LogP contribution in [0.25, 0.3) is 10.8 Å². The molecule has 0 saturated heterocycles. The van der Waals surface area contributed by atoms with Gasteiger partial charge in [0, 0.05) is 22.0 Å². The Bertz CT molecular complexity index is 1300. The minimum Gasteiger partial charge on any atom is -0.464 e. The Morgan fingerprint density at radius 1 is 0.833 bits per heavy atom. The van der Waals surface area contributed by atoms with E-state index in [1.54, 1.807) is 0 Å². The van der Waals surface area contributed by atoms with Crippen molar-refractivity contribution < 1.29 is 4.74 Å². The summed E-state index contributed by atoms with van der Waals surface area (Å²) < 4.78 is 7.48. The van der Waals surface area contributed by atoms with Crippen LogP contribution in [-0.4, -0.2) is 10.7 Å². The van der Waals surface area contributed by atoms with Crippen molar-refractivity contribution in [1.29, 1.82) is 0 Å². The molecule has 4 aromatic carbocycles. The Morgan fingerprint density at radius 3 is 2.57 bits per heavy atom. The van der Waals surface area contributed by atoms with Crippen LogP contribution in [-0.2, 0) is 0 Å². The molecule has 0 aliphatic carbocycles. The zero-order valence-corrected chi connectivity index (χ0v) is 17.8. The number of halogens is 1. The van der Waals surface area contributed by atoms with Crippen LogP contribution < -0.4 is 4.74 Å². The van der Waals surface area contributed by atoms with Crippen molar-refractivity contribution in [3.8, 4) is 5.75 Å². The highest BCUT2D eigenvalue weighted by Crippen LogP contribution is 2.47.